The fourth-order valence-electron chi connectivity index (χ4n) is 1.64. The van der Waals surface area contributed by atoms with Gasteiger partial charge in [0.15, 0.2) is 0 Å². The van der Waals surface area contributed by atoms with Crippen molar-refractivity contribution < 1.29 is 4.74 Å². The molecule has 0 N–H and O–H groups in total. The number of benzene rings is 2. The lowest BCUT2D eigenvalue weighted by Gasteiger charge is -2.12. The van der Waals surface area contributed by atoms with Crippen LogP contribution in [0.4, 0.5) is 0 Å². The van der Waals surface area contributed by atoms with Crippen molar-refractivity contribution >= 4 is 46.4 Å². The van der Waals surface area contributed by atoms with Crippen LogP contribution in [-0.2, 0) is 0 Å². The van der Waals surface area contributed by atoms with Crippen molar-refractivity contribution in [2.24, 2.45) is 0 Å². The Balaban J connectivity index is 2.73. The number of hydrogen-bond donors (Lipinski definition) is 0. The molecule has 0 unspecified atom stereocenters. The Morgan fingerprint density at radius 3 is 2.17 bits per heavy atom. The molecule has 0 bridgehead atoms. The number of methoxy groups -OCH3 is 1. The van der Waals surface area contributed by atoms with Crippen LogP contribution in [0.3, 0.4) is 0 Å². The van der Waals surface area contributed by atoms with E-state index in [2.05, 4.69) is 0 Å². The van der Waals surface area contributed by atoms with Gasteiger partial charge in [-0.1, -0.05) is 58.5 Å². The molecular formula is C13H8Cl4O. The summed E-state index contributed by atoms with van der Waals surface area (Å²) in [5.41, 5.74) is 1.29. The first-order chi connectivity index (χ1) is 8.56. The molecule has 2 rings (SSSR count). The van der Waals surface area contributed by atoms with E-state index in [1.165, 1.54) is 0 Å². The van der Waals surface area contributed by atoms with Crippen LogP contribution in [0.15, 0.2) is 30.3 Å². The van der Waals surface area contributed by atoms with Crippen LogP contribution < -0.4 is 4.74 Å². The molecule has 0 atom stereocenters. The lowest BCUT2D eigenvalue weighted by atomic mass is 10.1. The SMILES string of the molecule is COc1cccc(-c2c(Cl)ccc(Cl)c2Cl)c1Cl. The summed E-state index contributed by atoms with van der Waals surface area (Å²) < 4.78 is 5.17. The van der Waals surface area contributed by atoms with E-state index in [1.54, 1.807) is 25.3 Å². The highest BCUT2D eigenvalue weighted by Gasteiger charge is 2.16. The molecule has 0 aliphatic carbocycles. The Bertz CT molecular complexity index is 596. The van der Waals surface area contributed by atoms with Crippen molar-refractivity contribution in [1.82, 2.24) is 0 Å². The Morgan fingerprint density at radius 2 is 1.50 bits per heavy atom. The molecule has 5 heteroatoms. The number of ether oxygens (including phenoxy) is 1. The highest BCUT2D eigenvalue weighted by atomic mass is 35.5. The average Bonchev–Trinajstić information content (AvgIpc) is 2.36. The van der Waals surface area contributed by atoms with Gasteiger partial charge >= 0.3 is 0 Å². The second-order valence-electron chi connectivity index (χ2n) is 3.54. The predicted octanol–water partition coefficient (Wildman–Crippen LogP) is 5.98. The van der Waals surface area contributed by atoms with Gasteiger partial charge in [-0.2, -0.15) is 0 Å². The molecule has 2 aromatic rings. The first-order valence-electron chi connectivity index (χ1n) is 5.02. The van der Waals surface area contributed by atoms with E-state index in [4.69, 9.17) is 51.1 Å². The Kier molecular flexibility index (Phi) is 4.29. The van der Waals surface area contributed by atoms with E-state index in [9.17, 15) is 0 Å². The highest BCUT2D eigenvalue weighted by molar-refractivity contribution is 6.47. The van der Waals surface area contributed by atoms with Gasteiger partial charge in [0.2, 0.25) is 0 Å². The molecule has 0 amide bonds. The van der Waals surface area contributed by atoms with Gasteiger partial charge in [-0.3, -0.25) is 0 Å². The molecule has 0 radical (unpaired) electrons. The lowest BCUT2D eigenvalue weighted by molar-refractivity contribution is 0.415. The van der Waals surface area contributed by atoms with Gasteiger partial charge in [-0.05, 0) is 18.2 Å². The van der Waals surface area contributed by atoms with Crippen LogP contribution in [0.1, 0.15) is 0 Å². The molecule has 0 aliphatic heterocycles. The topological polar surface area (TPSA) is 9.23 Å². The van der Waals surface area contributed by atoms with Gasteiger partial charge in [0.05, 0.1) is 27.2 Å². The van der Waals surface area contributed by atoms with Crippen LogP contribution in [-0.4, -0.2) is 7.11 Å². The molecule has 0 saturated carbocycles. The maximum atomic E-state index is 6.25. The van der Waals surface area contributed by atoms with Crippen molar-refractivity contribution in [1.29, 1.82) is 0 Å². The minimum atomic E-state index is 0.374. The van der Waals surface area contributed by atoms with E-state index in [0.29, 0.717) is 37.0 Å². The molecule has 0 aromatic heterocycles. The smallest absolute Gasteiger partial charge is 0.138 e. The predicted molar refractivity (Wildman–Crippen MR) is 78.5 cm³/mol. The normalized spacial score (nSPS) is 10.5. The number of rotatable bonds is 2. The molecule has 0 fully saturated rings. The quantitative estimate of drug-likeness (QED) is 0.618. The maximum absolute atomic E-state index is 6.25. The minimum Gasteiger partial charge on any atom is -0.495 e. The molecule has 0 saturated heterocycles. The zero-order chi connectivity index (χ0) is 13.3. The van der Waals surface area contributed by atoms with Gasteiger partial charge in [-0.15, -0.1) is 0 Å². The van der Waals surface area contributed by atoms with Crippen molar-refractivity contribution in [3.63, 3.8) is 0 Å². The Labute approximate surface area is 125 Å². The third kappa shape index (κ3) is 2.41. The van der Waals surface area contributed by atoms with E-state index in [-0.39, 0.29) is 0 Å². The molecule has 0 heterocycles. The van der Waals surface area contributed by atoms with Crippen LogP contribution in [0.2, 0.25) is 20.1 Å². The minimum absolute atomic E-state index is 0.374. The van der Waals surface area contributed by atoms with Crippen LogP contribution >= 0.6 is 46.4 Å². The summed E-state index contributed by atoms with van der Waals surface area (Å²) in [5.74, 6) is 0.557. The number of halogens is 4. The van der Waals surface area contributed by atoms with Gasteiger partial charge in [-0.25, -0.2) is 0 Å². The van der Waals surface area contributed by atoms with E-state index < -0.39 is 0 Å². The number of hydrogen-bond acceptors (Lipinski definition) is 1. The standard InChI is InChI=1S/C13H8Cl4O/c1-18-10-4-2-3-7(12(10)16)11-8(14)5-6-9(15)13(11)17/h2-6H,1H3. The highest BCUT2D eigenvalue weighted by Crippen LogP contribution is 2.44. The fourth-order valence-corrected chi connectivity index (χ4v) is 2.66. The third-order valence-electron chi connectivity index (χ3n) is 2.50. The van der Waals surface area contributed by atoms with Crippen molar-refractivity contribution in [3.05, 3.63) is 50.4 Å². The van der Waals surface area contributed by atoms with Crippen LogP contribution in [0.5, 0.6) is 5.75 Å². The Morgan fingerprint density at radius 1 is 0.833 bits per heavy atom. The Hall–Kier alpha value is -0.600. The monoisotopic (exact) mass is 320 g/mol. The summed E-state index contributed by atoms with van der Waals surface area (Å²) in [7, 11) is 1.55. The van der Waals surface area contributed by atoms with Crippen molar-refractivity contribution in [2.75, 3.05) is 7.11 Å². The van der Waals surface area contributed by atoms with Gasteiger partial charge < -0.3 is 4.74 Å². The van der Waals surface area contributed by atoms with Crippen molar-refractivity contribution in [3.8, 4) is 16.9 Å². The van der Waals surface area contributed by atoms with E-state index in [0.717, 1.165) is 0 Å². The summed E-state index contributed by atoms with van der Waals surface area (Å²) >= 11 is 24.6. The second-order valence-corrected chi connectivity index (χ2v) is 5.11. The zero-order valence-corrected chi connectivity index (χ0v) is 12.3. The molecule has 18 heavy (non-hydrogen) atoms. The fraction of sp³-hybridized carbons (Fsp3) is 0.0769. The summed E-state index contributed by atoms with van der Waals surface area (Å²) in [6.07, 6.45) is 0. The average molecular weight is 322 g/mol. The lowest BCUT2D eigenvalue weighted by Crippen LogP contribution is -1.89. The third-order valence-corrected chi connectivity index (χ3v) is 4.01. The van der Waals surface area contributed by atoms with Crippen LogP contribution in [0, 0.1) is 0 Å². The molecular weight excluding hydrogens is 314 g/mol. The molecule has 0 spiro atoms. The van der Waals surface area contributed by atoms with Crippen LogP contribution in [0.25, 0.3) is 11.1 Å². The first kappa shape index (κ1) is 13.8. The second kappa shape index (κ2) is 5.58. The summed E-state index contributed by atoms with van der Waals surface area (Å²) in [4.78, 5) is 0. The largest absolute Gasteiger partial charge is 0.495 e. The summed E-state index contributed by atoms with van der Waals surface area (Å²) in [6.45, 7) is 0. The summed E-state index contributed by atoms with van der Waals surface area (Å²) in [5, 5.41) is 1.74. The molecule has 94 valence electrons. The van der Waals surface area contributed by atoms with E-state index >= 15 is 0 Å². The molecule has 1 nitrogen and oxygen atoms in total. The van der Waals surface area contributed by atoms with Gasteiger partial charge in [0.1, 0.15) is 5.75 Å². The summed E-state index contributed by atoms with van der Waals surface area (Å²) in [6, 6.07) is 8.71. The maximum Gasteiger partial charge on any atom is 0.138 e. The van der Waals surface area contributed by atoms with Gasteiger partial charge in [0, 0.05) is 11.1 Å². The molecule has 0 aliphatic rings. The van der Waals surface area contributed by atoms with Crippen molar-refractivity contribution in [2.45, 2.75) is 0 Å². The molecule has 2 aromatic carbocycles. The zero-order valence-electron chi connectivity index (χ0n) is 9.31. The first-order valence-corrected chi connectivity index (χ1v) is 6.53. The van der Waals surface area contributed by atoms with E-state index in [1.807, 2.05) is 12.1 Å². The van der Waals surface area contributed by atoms with Gasteiger partial charge in [0.25, 0.3) is 0 Å².